The summed E-state index contributed by atoms with van der Waals surface area (Å²) in [6.07, 6.45) is 3.36. The van der Waals surface area contributed by atoms with E-state index >= 15 is 0 Å². The highest BCUT2D eigenvalue weighted by molar-refractivity contribution is 5.74. The van der Waals surface area contributed by atoms with Crippen LogP contribution >= 0.6 is 0 Å². The average Bonchev–Trinajstić information content (AvgIpc) is 2.74. The van der Waals surface area contributed by atoms with Gasteiger partial charge in [0.1, 0.15) is 11.3 Å². The molecule has 1 N–H and O–H groups in total. The molecule has 0 atom stereocenters. The van der Waals surface area contributed by atoms with Crippen molar-refractivity contribution in [3.8, 4) is 11.4 Å². The van der Waals surface area contributed by atoms with Gasteiger partial charge >= 0.3 is 0 Å². The van der Waals surface area contributed by atoms with Crippen LogP contribution in [-0.4, -0.2) is 25.1 Å². The van der Waals surface area contributed by atoms with Crippen LogP contribution in [0.3, 0.4) is 0 Å². The topological polar surface area (TPSA) is 63.8 Å². The zero-order chi connectivity index (χ0) is 11.0. The lowest BCUT2D eigenvalue weighted by molar-refractivity contribution is 0.475. The second-order valence-electron chi connectivity index (χ2n) is 3.38. The molecule has 0 fully saturated rings. The number of fused-ring (bicyclic) bond motifs is 1. The Morgan fingerprint density at radius 1 is 1.06 bits per heavy atom. The SMILES string of the molecule is Oc1ccc(-n2nnc3cnccc32)cc1. The lowest BCUT2D eigenvalue weighted by Crippen LogP contribution is -1.95. The van der Waals surface area contributed by atoms with Gasteiger partial charge in [-0.15, -0.1) is 5.10 Å². The van der Waals surface area contributed by atoms with Crippen LogP contribution in [0.15, 0.2) is 42.7 Å². The van der Waals surface area contributed by atoms with E-state index in [1.807, 2.05) is 6.07 Å². The average molecular weight is 212 g/mol. The van der Waals surface area contributed by atoms with Gasteiger partial charge in [-0.1, -0.05) is 5.21 Å². The van der Waals surface area contributed by atoms with Crippen molar-refractivity contribution >= 4 is 11.0 Å². The summed E-state index contributed by atoms with van der Waals surface area (Å²) in [5, 5.41) is 17.3. The zero-order valence-electron chi connectivity index (χ0n) is 8.28. The van der Waals surface area contributed by atoms with E-state index in [2.05, 4.69) is 15.3 Å². The standard InChI is InChI=1S/C11H8N4O/c16-9-3-1-8(2-4-9)15-11-5-6-12-7-10(11)13-14-15/h1-7,16H. The fraction of sp³-hybridized carbons (Fsp3) is 0. The van der Waals surface area contributed by atoms with Crippen LogP contribution in [0.5, 0.6) is 5.75 Å². The van der Waals surface area contributed by atoms with Crippen molar-refractivity contribution in [2.24, 2.45) is 0 Å². The van der Waals surface area contributed by atoms with Crippen LogP contribution in [0, 0.1) is 0 Å². The van der Waals surface area contributed by atoms with Gasteiger partial charge in [-0.25, -0.2) is 4.68 Å². The Hall–Kier alpha value is -2.43. The molecule has 0 saturated carbocycles. The molecule has 0 aliphatic carbocycles. The Morgan fingerprint density at radius 3 is 2.69 bits per heavy atom. The first kappa shape index (κ1) is 8.84. The second kappa shape index (κ2) is 3.30. The van der Waals surface area contributed by atoms with Crippen LogP contribution in [-0.2, 0) is 0 Å². The molecule has 16 heavy (non-hydrogen) atoms. The van der Waals surface area contributed by atoms with E-state index in [-0.39, 0.29) is 5.75 Å². The quantitative estimate of drug-likeness (QED) is 0.664. The van der Waals surface area contributed by atoms with Crippen molar-refractivity contribution in [3.05, 3.63) is 42.7 Å². The van der Waals surface area contributed by atoms with Crippen LogP contribution in [0.2, 0.25) is 0 Å². The van der Waals surface area contributed by atoms with Gasteiger partial charge < -0.3 is 5.11 Å². The van der Waals surface area contributed by atoms with E-state index < -0.39 is 0 Å². The van der Waals surface area contributed by atoms with Gasteiger partial charge in [0.05, 0.1) is 17.4 Å². The number of aromatic nitrogens is 4. The predicted octanol–water partition coefficient (Wildman–Crippen LogP) is 1.52. The minimum atomic E-state index is 0.231. The lowest BCUT2D eigenvalue weighted by atomic mass is 10.3. The molecular formula is C11H8N4O. The molecule has 2 aromatic heterocycles. The number of rotatable bonds is 1. The minimum absolute atomic E-state index is 0.231. The summed E-state index contributed by atoms with van der Waals surface area (Å²) in [4.78, 5) is 3.98. The summed E-state index contributed by atoms with van der Waals surface area (Å²) in [5.41, 5.74) is 2.49. The highest BCUT2D eigenvalue weighted by atomic mass is 16.3. The van der Waals surface area contributed by atoms with E-state index in [0.717, 1.165) is 16.7 Å². The van der Waals surface area contributed by atoms with Crippen LogP contribution in [0.25, 0.3) is 16.7 Å². The molecule has 5 heteroatoms. The highest BCUT2D eigenvalue weighted by Gasteiger charge is 2.05. The Balaban J connectivity index is 2.22. The molecule has 0 aliphatic rings. The van der Waals surface area contributed by atoms with E-state index in [0.29, 0.717) is 0 Å². The van der Waals surface area contributed by atoms with Gasteiger partial charge in [0.2, 0.25) is 0 Å². The number of aromatic hydroxyl groups is 1. The maximum atomic E-state index is 9.21. The number of benzene rings is 1. The van der Waals surface area contributed by atoms with Gasteiger partial charge in [-0.2, -0.15) is 0 Å². The predicted molar refractivity (Wildman–Crippen MR) is 58.3 cm³/mol. The largest absolute Gasteiger partial charge is 0.508 e. The molecule has 0 amide bonds. The van der Waals surface area contributed by atoms with E-state index in [4.69, 9.17) is 0 Å². The Morgan fingerprint density at radius 2 is 1.88 bits per heavy atom. The molecule has 78 valence electrons. The molecule has 0 radical (unpaired) electrons. The summed E-state index contributed by atoms with van der Waals surface area (Å²) in [6.45, 7) is 0. The number of nitrogens with zero attached hydrogens (tertiary/aromatic N) is 4. The number of hydrogen-bond donors (Lipinski definition) is 1. The summed E-state index contributed by atoms with van der Waals surface area (Å²) < 4.78 is 1.70. The minimum Gasteiger partial charge on any atom is -0.508 e. The van der Waals surface area contributed by atoms with Crippen LogP contribution < -0.4 is 0 Å². The molecule has 0 spiro atoms. The fourth-order valence-electron chi connectivity index (χ4n) is 1.56. The van der Waals surface area contributed by atoms with Crippen molar-refractivity contribution in [1.29, 1.82) is 0 Å². The monoisotopic (exact) mass is 212 g/mol. The van der Waals surface area contributed by atoms with Gasteiger partial charge in [0.15, 0.2) is 0 Å². The third-order valence-electron chi connectivity index (χ3n) is 2.34. The van der Waals surface area contributed by atoms with Crippen molar-refractivity contribution in [2.75, 3.05) is 0 Å². The second-order valence-corrected chi connectivity index (χ2v) is 3.38. The summed E-state index contributed by atoms with van der Waals surface area (Å²) in [7, 11) is 0. The number of phenols is 1. The van der Waals surface area contributed by atoms with E-state index in [1.165, 1.54) is 0 Å². The van der Waals surface area contributed by atoms with Gasteiger partial charge in [0, 0.05) is 6.20 Å². The molecule has 0 aliphatic heterocycles. The lowest BCUT2D eigenvalue weighted by Gasteiger charge is -2.01. The fourth-order valence-corrected chi connectivity index (χ4v) is 1.56. The smallest absolute Gasteiger partial charge is 0.131 e. The molecule has 3 aromatic rings. The van der Waals surface area contributed by atoms with Crippen molar-refractivity contribution in [3.63, 3.8) is 0 Å². The van der Waals surface area contributed by atoms with E-state index in [1.54, 1.807) is 41.3 Å². The molecule has 2 heterocycles. The Bertz CT molecular complexity index is 630. The van der Waals surface area contributed by atoms with Crippen LogP contribution in [0.1, 0.15) is 0 Å². The molecule has 0 bridgehead atoms. The van der Waals surface area contributed by atoms with Crippen molar-refractivity contribution < 1.29 is 5.11 Å². The molecular weight excluding hydrogens is 204 g/mol. The first-order valence-corrected chi connectivity index (χ1v) is 4.79. The highest BCUT2D eigenvalue weighted by Crippen LogP contribution is 2.17. The van der Waals surface area contributed by atoms with Crippen LogP contribution in [0.4, 0.5) is 0 Å². The maximum Gasteiger partial charge on any atom is 0.131 e. The molecule has 0 unspecified atom stereocenters. The third-order valence-corrected chi connectivity index (χ3v) is 2.34. The number of pyridine rings is 1. The van der Waals surface area contributed by atoms with Gasteiger partial charge in [-0.3, -0.25) is 4.98 Å². The summed E-state index contributed by atoms with van der Waals surface area (Å²) >= 11 is 0. The molecule has 0 saturated heterocycles. The first-order chi connectivity index (χ1) is 7.84. The van der Waals surface area contributed by atoms with E-state index in [9.17, 15) is 5.11 Å². The molecule has 1 aromatic carbocycles. The number of hydrogen-bond acceptors (Lipinski definition) is 4. The maximum absolute atomic E-state index is 9.21. The number of phenolic OH excluding ortho intramolecular Hbond substituents is 1. The summed E-state index contributed by atoms with van der Waals surface area (Å²) in [6, 6.07) is 8.64. The van der Waals surface area contributed by atoms with Gasteiger partial charge in [0.25, 0.3) is 0 Å². The third kappa shape index (κ3) is 1.30. The van der Waals surface area contributed by atoms with Crippen molar-refractivity contribution in [2.45, 2.75) is 0 Å². The first-order valence-electron chi connectivity index (χ1n) is 4.79. The normalized spacial score (nSPS) is 10.8. The zero-order valence-corrected chi connectivity index (χ0v) is 8.28. The van der Waals surface area contributed by atoms with Gasteiger partial charge in [-0.05, 0) is 30.3 Å². The summed E-state index contributed by atoms with van der Waals surface area (Å²) in [5.74, 6) is 0.231. The Labute approximate surface area is 91.0 Å². The Kier molecular flexibility index (Phi) is 1.83. The molecule has 5 nitrogen and oxygen atoms in total. The molecule has 3 rings (SSSR count). The van der Waals surface area contributed by atoms with Crippen molar-refractivity contribution in [1.82, 2.24) is 20.0 Å².